The van der Waals surface area contributed by atoms with Gasteiger partial charge < -0.3 is 11.1 Å². The molecule has 0 aliphatic carbocycles. The van der Waals surface area contributed by atoms with E-state index in [1.165, 1.54) is 10.9 Å². The highest BCUT2D eigenvalue weighted by molar-refractivity contribution is 5.94. The Balaban J connectivity index is 1.69. The lowest BCUT2D eigenvalue weighted by molar-refractivity contribution is 0.0963. The summed E-state index contributed by atoms with van der Waals surface area (Å²) in [5, 5.41) is 3.13. The van der Waals surface area contributed by atoms with Gasteiger partial charge in [-0.05, 0) is 53.1 Å². The number of amides is 1. The summed E-state index contributed by atoms with van der Waals surface area (Å²) in [6, 6.07) is 16.3. The molecule has 3 N–H and O–H groups in total. The molecule has 0 bridgehead atoms. The number of nitrogens with two attached hydrogens (primary N) is 1. The molecule has 7 nitrogen and oxygen atoms in total. The molecule has 7 heteroatoms. The summed E-state index contributed by atoms with van der Waals surface area (Å²) in [7, 11) is 1.58. The van der Waals surface area contributed by atoms with Crippen molar-refractivity contribution in [1.29, 1.82) is 0 Å². The summed E-state index contributed by atoms with van der Waals surface area (Å²) in [6.45, 7) is 0.329. The first kappa shape index (κ1) is 18.4. The van der Waals surface area contributed by atoms with Crippen LogP contribution in [0, 0.1) is 0 Å². The fraction of sp³-hybridized carbons (Fsp3) is 0.0909. The van der Waals surface area contributed by atoms with Crippen molar-refractivity contribution in [2.45, 2.75) is 6.54 Å². The number of nitrogens with one attached hydrogen (secondary N) is 1. The van der Waals surface area contributed by atoms with Crippen LogP contribution in [0.25, 0.3) is 22.0 Å². The van der Waals surface area contributed by atoms with Gasteiger partial charge in [-0.3, -0.25) is 14.2 Å². The molecule has 2 aromatic heterocycles. The third-order valence-corrected chi connectivity index (χ3v) is 4.71. The van der Waals surface area contributed by atoms with Crippen LogP contribution in [0.3, 0.4) is 0 Å². The zero-order chi connectivity index (χ0) is 20.4. The molecule has 0 unspecified atom stereocenters. The Morgan fingerprint density at radius 3 is 2.69 bits per heavy atom. The van der Waals surface area contributed by atoms with Crippen LogP contribution in [0.4, 0.5) is 5.82 Å². The normalized spacial score (nSPS) is 10.8. The van der Waals surface area contributed by atoms with Gasteiger partial charge in [-0.1, -0.05) is 18.2 Å². The van der Waals surface area contributed by atoms with Crippen molar-refractivity contribution < 1.29 is 4.79 Å². The molecule has 4 rings (SSSR count). The molecule has 1 amide bonds. The summed E-state index contributed by atoms with van der Waals surface area (Å²) in [4.78, 5) is 33.2. The predicted molar refractivity (Wildman–Crippen MR) is 113 cm³/mol. The lowest BCUT2D eigenvalue weighted by Gasteiger charge is -2.09. The molecule has 0 spiro atoms. The molecule has 144 valence electrons. The SMILES string of the molecule is CNC(=O)c1cccc(Cn2cnc3cc(-c4ccnc(N)c4)ccc3c2=O)c1. The van der Waals surface area contributed by atoms with Gasteiger partial charge in [0.2, 0.25) is 0 Å². The third kappa shape index (κ3) is 3.70. The van der Waals surface area contributed by atoms with Gasteiger partial charge in [0.15, 0.2) is 0 Å². The number of carbonyl (C=O) groups is 1. The highest BCUT2D eigenvalue weighted by Crippen LogP contribution is 2.23. The minimum atomic E-state index is -0.167. The smallest absolute Gasteiger partial charge is 0.261 e. The maximum atomic E-state index is 12.9. The maximum Gasteiger partial charge on any atom is 0.261 e. The molecule has 0 atom stereocenters. The average Bonchev–Trinajstić information content (AvgIpc) is 2.75. The number of hydrogen-bond acceptors (Lipinski definition) is 5. The number of nitrogens with zero attached hydrogens (tertiary/aromatic N) is 3. The molecule has 0 fully saturated rings. The Hall–Kier alpha value is -4.00. The van der Waals surface area contributed by atoms with Crippen molar-refractivity contribution in [3.05, 3.63) is 88.6 Å². The molecule has 0 saturated heterocycles. The van der Waals surface area contributed by atoms with Crippen molar-refractivity contribution in [3.8, 4) is 11.1 Å². The number of pyridine rings is 1. The number of hydrogen-bond donors (Lipinski definition) is 2. The number of nitrogen functional groups attached to an aromatic ring is 1. The summed E-state index contributed by atoms with van der Waals surface area (Å²) >= 11 is 0. The van der Waals surface area contributed by atoms with Crippen molar-refractivity contribution in [3.63, 3.8) is 0 Å². The van der Waals surface area contributed by atoms with Gasteiger partial charge in [0.25, 0.3) is 11.5 Å². The standard InChI is InChI=1S/C22H19N5O2/c1-24-21(28)17-4-2-3-14(9-17)12-27-13-26-19-10-15(5-6-18(19)22(27)29)16-7-8-25-20(23)11-16/h2-11,13H,12H2,1H3,(H2,23,25)(H,24,28). The first-order chi connectivity index (χ1) is 14.0. The van der Waals surface area contributed by atoms with E-state index in [0.717, 1.165) is 16.7 Å². The van der Waals surface area contributed by atoms with Gasteiger partial charge in [-0.2, -0.15) is 0 Å². The fourth-order valence-corrected chi connectivity index (χ4v) is 3.23. The zero-order valence-electron chi connectivity index (χ0n) is 15.8. The summed E-state index contributed by atoms with van der Waals surface area (Å²) in [6.07, 6.45) is 3.18. The van der Waals surface area contributed by atoms with Crippen LogP contribution >= 0.6 is 0 Å². The van der Waals surface area contributed by atoms with E-state index in [4.69, 9.17) is 5.73 Å². The van der Waals surface area contributed by atoms with Crippen LogP contribution in [0.15, 0.2) is 71.9 Å². The second-order valence-corrected chi connectivity index (χ2v) is 6.66. The number of benzene rings is 2. The fourth-order valence-electron chi connectivity index (χ4n) is 3.23. The van der Waals surface area contributed by atoms with Crippen LogP contribution in [-0.2, 0) is 6.54 Å². The van der Waals surface area contributed by atoms with Gasteiger partial charge in [0.05, 0.1) is 23.8 Å². The molecule has 4 aromatic rings. The second kappa shape index (κ2) is 7.55. The predicted octanol–water partition coefficient (Wildman–Crippen LogP) is 2.45. The summed E-state index contributed by atoms with van der Waals surface area (Å²) < 4.78 is 1.54. The Morgan fingerprint density at radius 2 is 1.90 bits per heavy atom. The molecular weight excluding hydrogens is 366 g/mol. The summed E-state index contributed by atoms with van der Waals surface area (Å²) in [5.74, 6) is 0.269. The van der Waals surface area contributed by atoms with Gasteiger partial charge in [-0.15, -0.1) is 0 Å². The molecule has 0 saturated carbocycles. The monoisotopic (exact) mass is 385 g/mol. The van der Waals surface area contributed by atoms with E-state index in [1.807, 2.05) is 24.3 Å². The molecule has 0 aliphatic heterocycles. The molecule has 0 radical (unpaired) electrons. The molecule has 29 heavy (non-hydrogen) atoms. The third-order valence-electron chi connectivity index (χ3n) is 4.71. The largest absolute Gasteiger partial charge is 0.384 e. The first-order valence-corrected chi connectivity index (χ1v) is 9.07. The first-order valence-electron chi connectivity index (χ1n) is 9.07. The second-order valence-electron chi connectivity index (χ2n) is 6.66. The lowest BCUT2D eigenvalue weighted by Crippen LogP contribution is -2.22. The lowest BCUT2D eigenvalue weighted by atomic mass is 10.1. The van der Waals surface area contributed by atoms with Gasteiger partial charge in [0.1, 0.15) is 5.82 Å². The average molecular weight is 385 g/mol. The number of rotatable bonds is 4. The maximum absolute atomic E-state index is 12.9. The van der Waals surface area contributed by atoms with Crippen LogP contribution in [0.1, 0.15) is 15.9 Å². The van der Waals surface area contributed by atoms with E-state index < -0.39 is 0 Å². The van der Waals surface area contributed by atoms with Gasteiger partial charge in [0, 0.05) is 18.8 Å². The van der Waals surface area contributed by atoms with Crippen LogP contribution < -0.4 is 16.6 Å². The number of carbonyl (C=O) groups excluding carboxylic acids is 1. The minimum absolute atomic E-state index is 0.138. The molecular formula is C22H19N5O2. The van der Waals surface area contributed by atoms with Crippen molar-refractivity contribution in [2.24, 2.45) is 0 Å². The van der Waals surface area contributed by atoms with E-state index in [2.05, 4.69) is 15.3 Å². The van der Waals surface area contributed by atoms with Gasteiger partial charge in [-0.25, -0.2) is 9.97 Å². The molecule has 0 aliphatic rings. The van der Waals surface area contributed by atoms with E-state index in [-0.39, 0.29) is 11.5 Å². The molecule has 2 aromatic carbocycles. The van der Waals surface area contributed by atoms with E-state index in [1.54, 1.807) is 43.6 Å². The topological polar surface area (TPSA) is 103 Å². The van der Waals surface area contributed by atoms with Crippen LogP contribution in [0.2, 0.25) is 0 Å². The van der Waals surface area contributed by atoms with Gasteiger partial charge >= 0.3 is 0 Å². The van der Waals surface area contributed by atoms with Crippen molar-refractivity contribution >= 4 is 22.6 Å². The Labute approximate surface area is 166 Å². The quantitative estimate of drug-likeness (QED) is 0.562. The van der Waals surface area contributed by atoms with Crippen molar-refractivity contribution in [1.82, 2.24) is 19.9 Å². The summed E-state index contributed by atoms with van der Waals surface area (Å²) in [5.41, 5.74) is 9.45. The Kier molecular flexibility index (Phi) is 4.78. The van der Waals surface area contributed by atoms with Crippen LogP contribution in [0.5, 0.6) is 0 Å². The zero-order valence-corrected chi connectivity index (χ0v) is 15.8. The molecule has 2 heterocycles. The van der Waals surface area contributed by atoms with E-state index >= 15 is 0 Å². The Bertz CT molecular complexity index is 1280. The number of aromatic nitrogens is 3. The number of fused-ring (bicyclic) bond motifs is 1. The number of anilines is 1. The van der Waals surface area contributed by atoms with E-state index in [0.29, 0.717) is 28.8 Å². The van der Waals surface area contributed by atoms with Crippen LogP contribution in [-0.4, -0.2) is 27.5 Å². The van der Waals surface area contributed by atoms with E-state index in [9.17, 15) is 9.59 Å². The minimum Gasteiger partial charge on any atom is -0.384 e. The highest BCUT2D eigenvalue weighted by atomic mass is 16.1. The Morgan fingerprint density at radius 1 is 1.07 bits per heavy atom. The highest BCUT2D eigenvalue weighted by Gasteiger charge is 2.09. The van der Waals surface area contributed by atoms with Crippen molar-refractivity contribution in [2.75, 3.05) is 12.8 Å².